The van der Waals surface area contributed by atoms with Gasteiger partial charge in [-0.2, -0.15) is 0 Å². The van der Waals surface area contributed by atoms with Crippen LogP contribution in [0.5, 0.6) is 17.4 Å². The Morgan fingerprint density at radius 3 is 2.74 bits per heavy atom. The van der Waals surface area contributed by atoms with Gasteiger partial charge in [0.2, 0.25) is 5.88 Å². The van der Waals surface area contributed by atoms with Crippen molar-refractivity contribution in [3.63, 3.8) is 0 Å². The molecule has 0 aliphatic heterocycles. The van der Waals surface area contributed by atoms with Crippen LogP contribution < -0.4 is 9.47 Å². The maximum Gasteiger partial charge on any atom is 0.219 e. The quantitative estimate of drug-likeness (QED) is 0.801. The van der Waals surface area contributed by atoms with Gasteiger partial charge in [0.05, 0.1) is 11.6 Å². The highest BCUT2D eigenvalue weighted by molar-refractivity contribution is 6.32. The van der Waals surface area contributed by atoms with Crippen molar-refractivity contribution in [2.45, 2.75) is 6.92 Å². The van der Waals surface area contributed by atoms with Crippen LogP contribution in [0.15, 0.2) is 43.1 Å². The lowest BCUT2D eigenvalue weighted by Gasteiger charge is -2.09. The lowest BCUT2D eigenvalue weighted by Crippen LogP contribution is -1.93. The number of hydrogen-bond donors (Lipinski definition) is 0. The molecular weight excluding hydrogens is 262 g/mol. The summed E-state index contributed by atoms with van der Waals surface area (Å²) in [6.45, 7) is 6.19. The third kappa shape index (κ3) is 3.48. The standard InChI is InChI=1S/C15H14ClNO2/c1-3-11-5-8-15(17-10-11)19-14-7-6-12(18-4-2)9-13(14)16/h3,5-10H,1,4H2,2H3. The Morgan fingerprint density at radius 1 is 1.32 bits per heavy atom. The molecule has 1 heterocycles. The van der Waals surface area contributed by atoms with Crippen molar-refractivity contribution in [3.8, 4) is 17.4 Å². The molecule has 4 heteroatoms. The van der Waals surface area contributed by atoms with Crippen LogP contribution >= 0.6 is 11.6 Å². The van der Waals surface area contributed by atoms with E-state index in [4.69, 9.17) is 21.1 Å². The van der Waals surface area contributed by atoms with Crippen LogP contribution in [0.25, 0.3) is 6.08 Å². The van der Waals surface area contributed by atoms with E-state index in [9.17, 15) is 0 Å². The molecule has 0 aliphatic carbocycles. The Balaban J connectivity index is 2.15. The molecule has 0 atom stereocenters. The molecule has 98 valence electrons. The summed E-state index contributed by atoms with van der Waals surface area (Å²) >= 11 is 6.12. The molecule has 2 rings (SSSR count). The molecule has 0 amide bonds. The van der Waals surface area contributed by atoms with Crippen molar-refractivity contribution in [2.75, 3.05) is 6.61 Å². The Bertz CT molecular complexity index is 567. The number of ether oxygens (including phenoxy) is 2. The van der Waals surface area contributed by atoms with Crippen LogP contribution in [0.3, 0.4) is 0 Å². The van der Waals surface area contributed by atoms with E-state index in [1.54, 1.807) is 30.5 Å². The normalized spacial score (nSPS) is 10.0. The first kappa shape index (κ1) is 13.4. The third-order valence-electron chi connectivity index (χ3n) is 2.42. The number of rotatable bonds is 5. The van der Waals surface area contributed by atoms with Gasteiger partial charge < -0.3 is 9.47 Å². The molecule has 3 nitrogen and oxygen atoms in total. The van der Waals surface area contributed by atoms with Gasteiger partial charge in [-0.15, -0.1) is 0 Å². The zero-order chi connectivity index (χ0) is 13.7. The summed E-state index contributed by atoms with van der Waals surface area (Å²) in [5, 5.41) is 0.487. The maximum atomic E-state index is 6.12. The van der Waals surface area contributed by atoms with E-state index in [2.05, 4.69) is 11.6 Å². The average molecular weight is 276 g/mol. The Labute approximate surface area is 117 Å². The SMILES string of the molecule is C=Cc1ccc(Oc2ccc(OCC)cc2Cl)nc1. The topological polar surface area (TPSA) is 31.4 Å². The fourth-order valence-corrected chi connectivity index (χ4v) is 1.72. The van der Waals surface area contributed by atoms with E-state index < -0.39 is 0 Å². The van der Waals surface area contributed by atoms with E-state index >= 15 is 0 Å². The summed E-state index contributed by atoms with van der Waals surface area (Å²) in [4.78, 5) is 4.16. The maximum absolute atomic E-state index is 6.12. The summed E-state index contributed by atoms with van der Waals surface area (Å²) in [7, 11) is 0. The largest absolute Gasteiger partial charge is 0.494 e. The molecule has 1 aromatic heterocycles. The van der Waals surface area contributed by atoms with Crippen molar-refractivity contribution < 1.29 is 9.47 Å². The first-order valence-electron chi connectivity index (χ1n) is 5.91. The van der Waals surface area contributed by atoms with Crippen LogP contribution in [0.1, 0.15) is 12.5 Å². The highest BCUT2D eigenvalue weighted by Crippen LogP contribution is 2.31. The van der Waals surface area contributed by atoms with E-state index in [0.717, 1.165) is 11.3 Å². The van der Waals surface area contributed by atoms with Gasteiger partial charge in [-0.1, -0.05) is 24.3 Å². The van der Waals surface area contributed by atoms with E-state index in [0.29, 0.717) is 23.3 Å². The van der Waals surface area contributed by atoms with Gasteiger partial charge in [0, 0.05) is 18.3 Å². The lowest BCUT2D eigenvalue weighted by molar-refractivity contribution is 0.339. The zero-order valence-corrected chi connectivity index (χ0v) is 11.4. The van der Waals surface area contributed by atoms with Crippen molar-refractivity contribution in [1.82, 2.24) is 4.98 Å². The second-order valence-electron chi connectivity index (χ2n) is 3.76. The van der Waals surface area contributed by atoms with Gasteiger partial charge in [-0.25, -0.2) is 4.98 Å². The fourth-order valence-electron chi connectivity index (χ4n) is 1.51. The highest BCUT2D eigenvalue weighted by atomic mass is 35.5. The molecule has 1 aromatic carbocycles. The van der Waals surface area contributed by atoms with Crippen molar-refractivity contribution in [2.24, 2.45) is 0 Å². The number of benzene rings is 1. The average Bonchev–Trinajstić information content (AvgIpc) is 2.43. The second kappa shape index (κ2) is 6.25. The molecule has 19 heavy (non-hydrogen) atoms. The molecule has 0 bridgehead atoms. The predicted molar refractivity (Wildman–Crippen MR) is 77.0 cm³/mol. The number of pyridine rings is 1. The van der Waals surface area contributed by atoms with Crippen LogP contribution in [-0.2, 0) is 0 Å². The number of hydrogen-bond acceptors (Lipinski definition) is 3. The molecular formula is C15H14ClNO2. The number of halogens is 1. The zero-order valence-electron chi connectivity index (χ0n) is 10.6. The van der Waals surface area contributed by atoms with E-state index in [1.165, 1.54) is 0 Å². The van der Waals surface area contributed by atoms with E-state index in [1.807, 2.05) is 19.1 Å². The molecule has 0 N–H and O–H groups in total. The predicted octanol–water partition coefficient (Wildman–Crippen LogP) is 4.57. The summed E-state index contributed by atoms with van der Waals surface area (Å²) in [6, 6.07) is 8.93. The Kier molecular flexibility index (Phi) is 4.42. The fraction of sp³-hybridized carbons (Fsp3) is 0.133. The molecule has 2 aromatic rings. The summed E-state index contributed by atoms with van der Waals surface area (Å²) < 4.78 is 11.0. The smallest absolute Gasteiger partial charge is 0.219 e. The number of nitrogens with zero attached hydrogens (tertiary/aromatic N) is 1. The monoisotopic (exact) mass is 275 g/mol. The van der Waals surface area contributed by atoms with Crippen LogP contribution in [0.2, 0.25) is 5.02 Å². The van der Waals surface area contributed by atoms with Crippen molar-refractivity contribution >= 4 is 17.7 Å². The lowest BCUT2D eigenvalue weighted by atomic mass is 10.3. The third-order valence-corrected chi connectivity index (χ3v) is 2.72. The van der Waals surface area contributed by atoms with E-state index in [-0.39, 0.29) is 0 Å². The minimum atomic E-state index is 0.483. The molecule has 0 fully saturated rings. The summed E-state index contributed by atoms with van der Waals surface area (Å²) in [5.41, 5.74) is 0.935. The van der Waals surface area contributed by atoms with Gasteiger partial charge in [-0.05, 0) is 30.7 Å². The summed E-state index contributed by atoms with van der Waals surface area (Å²) in [6.07, 6.45) is 3.41. The highest BCUT2D eigenvalue weighted by Gasteiger charge is 2.05. The second-order valence-corrected chi connectivity index (χ2v) is 4.17. The molecule has 0 spiro atoms. The van der Waals surface area contributed by atoms with Crippen LogP contribution in [0.4, 0.5) is 0 Å². The van der Waals surface area contributed by atoms with Gasteiger partial charge in [0.1, 0.15) is 11.5 Å². The van der Waals surface area contributed by atoms with Gasteiger partial charge >= 0.3 is 0 Å². The van der Waals surface area contributed by atoms with Crippen LogP contribution in [0, 0.1) is 0 Å². The summed E-state index contributed by atoms with van der Waals surface area (Å²) in [5.74, 6) is 1.75. The Hall–Kier alpha value is -2.00. The first-order valence-corrected chi connectivity index (χ1v) is 6.29. The Morgan fingerprint density at radius 2 is 2.16 bits per heavy atom. The molecule has 0 radical (unpaired) electrons. The first-order chi connectivity index (χ1) is 9.22. The minimum Gasteiger partial charge on any atom is -0.494 e. The van der Waals surface area contributed by atoms with Crippen molar-refractivity contribution in [3.05, 3.63) is 53.7 Å². The van der Waals surface area contributed by atoms with Gasteiger partial charge in [0.15, 0.2) is 0 Å². The van der Waals surface area contributed by atoms with Gasteiger partial charge in [-0.3, -0.25) is 0 Å². The van der Waals surface area contributed by atoms with Crippen molar-refractivity contribution in [1.29, 1.82) is 0 Å². The minimum absolute atomic E-state index is 0.483. The number of aromatic nitrogens is 1. The molecule has 0 saturated heterocycles. The van der Waals surface area contributed by atoms with Gasteiger partial charge in [0.25, 0.3) is 0 Å². The van der Waals surface area contributed by atoms with Crippen LogP contribution in [-0.4, -0.2) is 11.6 Å². The molecule has 0 saturated carbocycles. The molecule has 0 aliphatic rings. The molecule has 0 unspecified atom stereocenters.